The molecule has 0 unspecified atom stereocenters. The molecule has 3 heteroatoms. The summed E-state index contributed by atoms with van der Waals surface area (Å²) in [4.78, 5) is 11.7. The zero-order chi connectivity index (χ0) is 14.4. The zero-order valence-electron chi connectivity index (χ0n) is 12.2. The summed E-state index contributed by atoms with van der Waals surface area (Å²) in [5, 5.41) is 0.292. The summed E-state index contributed by atoms with van der Waals surface area (Å²) in [6.45, 7) is 11.1. The van der Waals surface area contributed by atoms with Gasteiger partial charge in [0.1, 0.15) is 0 Å². The first kappa shape index (κ1) is 14.2. The van der Waals surface area contributed by atoms with E-state index in [2.05, 4.69) is 40.7 Å². The highest BCUT2D eigenvalue weighted by Gasteiger charge is 2.31. The molecule has 0 saturated heterocycles. The highest BCUT2D eigenvalue weighted by molar-refractivity contribution is 7.80. The summed E-state index contributed by atoms with van der Waals surface area (Å²) < 4.78 is 4.99. The number of benzene rings is 1. The van der Waals surface area contributed by atoms with Crippen LogP contribution >= 0.6 is 12.2 Å². The summed E-state index contributed by atoms with van der Waals surface area (Å²) in [6.07, 6.45) is 1.04. The van der Waals surface area contributed by atoms with E-state index < -0.39 is 0 Å². The minimum Gasteiger partial charge on any atom is -0.410 e. The minimum absolute atomic E-state index is 0.0117. The molecule has 1 aromatic carbocycles. The molecule has 1 aliphatic rings. The molecular formula is C16H20O2S. The van der Waals surface area contributed by atoms with E-state index in [4.69, 9.17) is 17.0 Å². The third kappa shape index (κ3) is 2.86. The number of fused-ring (bicyclic) bond motifs is 1. The molecule has 1 aromatic rings. The largest absolute Gasteiger partial charge is 0.410 e. The van der Waals surface area contributed by atoms with Gasteiger partial charge in [-0.15, -0.1) is 0 Å². The van der Waals surface area contributed by atoms with Crippen LogP contribution in [-0.2, 0) is 10.2 Å². The molecule has 0 fully saturated rings. The number of hydrogen-bond donors (Lipinski definition) is 0. The number of cyclic esters (lactones) is 1. The van der Waals surface area contributed by atoms with Crippen LogP contribution in [0.3, 0.4) is 0 Å². The van der Waals surface area contributed by atoms with E-state index in [-0.39, 0.29) is 16.8 Å². The van der Waals surface area contributed by atoms with Crippen molar-refractivity contribution in [3.63, 3.8) is 0 Å². The van der Waals surface area contributed by atoms with Gasteiger partial charge in [0.2, 0.25) is 5.05 Å². The molecule has 0 radical (unpaired) electrons. The van der Waals surface area contributed by atoms with Crippen molar-refractivity contribution >= 4 is 23.2 Å². The lowest BCUT2D eigenvalue weighted by Gasteiger charge is -2.33. The predicted molar refractivity (Wildman–Crippen MR) is 80.7 cm³/mol. The summed E-state index contributed by atoms with van der Waals surface area (Å²) in [6, 6.07) is 5.89. The number of carbonyl (C=O) groups is 1. The second-order valence-electron chi connectivity index (χ2n) is 7.06. The van der Waals surface area contributed by atoms with Crippen molar-refractivity contribution < 1.29 is 9.53 Å². The van der Waals surface area contributed by atoms with Crippen LogP contribution in [0.5, 0.6) is 0 Å². The maximum absolute atomic E-state index is 11.7. The Bertz CT molecular complexity index is 550. The van der Waals surface area contributed by atoms with Gasteiger partial charge in [0.25, 0.3) is 0 Å². The Morgan fingerprint density at radius 1 is 1.11 bits per heavy atom. The van der Waals surface area contributed by atoms with Gasteiger partial charge < -0.3 is 4.74 Å². The summed E-state index contributed by atoms with van der Waals surface area (Å²) in [5.41, 5.74) is 2.75. The molecular weight excluding hydrogens is 256 g/mol. The normalized spacial score (nSPS) is 15.4. The van der Waals surface area contributed by atoms with Gasteiger partial charge in [-0.25, -0.2) is 4.79 Å². The Morgan fingerprint density at radius 3 is 2.32 bits per heavy atom. The number of thiocarbonyl (C=S) groups is 1. The predicted octanol–water partition coefficient (Wildman–Crippen LogP) is 4.25. The average Bonchev–Trinajstić information content (AvgIpc) is 2.51. The van der Waals surface area contributed by atoms with Crippen LogP contribution in [0, 0.1) is 5.41 Å². The van der Waals surface area contributed by atoms with E-state index in [1.807, 2.05) is 12.1 Å². The third-order valence-corrected chi connectivity index (χ3v) is 3.70. The van der Waals surface area contributed by atoms with Crippen molar-refractivity contribution in [3.8, 4) is 0 Å². The minimum atomic E-state index is -0.326. The molecule has 0 aliphatic carbocycles. The monoisotopic (exact) mass is 276 g/mol. The van der Waals surface area contributed by atoms with E-state index in [1.165, 1.54) is 0 Å². The summed E-state index contributed by atoms with van der Waals surface area (Å²) >= 11 is 5.03. The molecule has 1 heterocycles. The number of ether oxygens (including phenoxy) is 1. The molecule has 2 nitrogen and oxygen atoms in total. The summed E-state index contributed by atoms with van der Waals surface area (Å²) in [5.74, 6) is -0.326. The van der Waals surface area contributed by atoms with Crippen molar-refractivity contribution in [3.05, 3.63) is 34.9 Å². The first-order valence-electron chi connectivity index (χ1n) is 6.51. The van der Waals surface area contributed by atoms with Crippen molar-refractivity contribution in [2.45, 2.75) is 46.5 Å². The molecule has 0 aromatic heterocycles. The van der Waals surface area contributed by atoms with Gasteiger partial charge in [-0.05, 0) is 47.2 Å². The lowest BCUT2D eigenvalue weighted by atomic mass is 9.72. The second kappa shape index (κ2) is 4.41. The van der Waals surface area contributed by atoms with E-state index in [0.29, 0.717) is 10.6 Å². The van der Waals surface area contributed by atoms with Crippen molar-refractivity contribution in [2.24, 2.45) is 5.41 Å². The Labute approximate surface area is 120 Å². The molecule has 0 saturated carbocycles. The molecule has 19 heavy (non-hydrogen) atoms. The van der Waals surface area contributed by atoms with E-state index in [0.717, 1.165) is 17.5 Å². The van der Waals surface area contributed by atoms with E-state index in [1.54, 1.807) is 0 Å². The zero-order valence-corrected chi connectivity index (χ0v) is 13.0. The maximum atomic E-state index is 11.7. The maximum Gasteiger partial charge on any atom is 0.345 e. The number of rotatable bonds is 2. The topological polar surface area (TPSA) is 26.3 Å². The fourth-order valence-corrected chi connectivity index (χ4v) is 3.19. The molecule has 2 rings (SSSR count). The van der Waals surface area contributed by atoms with Crippen LogP contribution in [0.25, 0.3) is 0 Å². The first-order chi connectivity index (χ1) is 8.60. The molecule has 0 bridgehead atoms. The fraction of sp³-hybridized carbons (Fsp3) is 0.500. The smallest absolute Gasteiger partial charge is 0.345 e. The van der Waals surface area contributed by atoms with Gasteiger partial charge in [0.15, 0.2) is 0 Å². The number of esters is 1. The van der Waals surface area contributed by atoms with Crippen molar-refractivity contribution in [2.75, 3.05) is 0 Å². The standard InChI is InChI=1S/C16H20O2S/c1-15(2,3)9-16(4,5)10-6-7-11-12(8-10)13(17)18-14(11)19/h6-8H,9H2,1-5H3. The van der Waals surface area contributed by atoms with Gasteiger partial charge in [-0.2, -0.15) is 0 Å². The first-order valence-corrected chi connectivity index (χ1v) is 6.92. The summed E-state index contributed by atoms with van der Waals surface area (Å²) in [7, 11) is 0. The van der Waals surface area contributed by atoms with Crippen LogP contribution in [0.4, 0.5) is 0 Å². The second-order valence-corrected chi connectivity index (χ2v) is 7.43. The number of carbonyl (C=O) groups excluding carboxylic acids is 1. The Hall–Kier alpha value is -1.22. The number of hydrogen-bond acceptors (Lipinski definition) is 3. The van der Waals surface area contributed by atoms with Gasteiger partial charge in [0, 0.05) is 5.56 Å². The Kier molecular flexibility index (Phi) is 3.29. The highest BCUT2D eigenvalue weighted by Crippen LogP contribution is 2.37. The highest BCUT2D eigenvalue weighted by atomic mass is 32.1. The van der Waals surface area contributed by atoms with Gasteiger partial charge in [-0.1, -0.05) is 40.7 Å². The molecule has 0 spiro atoms. The third-order valence-electron chi connectivity index (χ3n) is 3.40. The lowest BCUT2D eigenvalue weighted by Crippen LogP contribution is -2.25. The SMILES string of the molecule is CC(C)(C)CC(C)(C)c1ccc2c(c1)C(=O)OC2=S. The van der Waals surface area contributed by atoms with Gasteiger partial charge >= 0.3 is 5.97 Å². The fourth-order valence-electron chi connectivity index (χ4n) is 2.93. The van der Waals surface area contributed by atoms with Crippen LogP contribution < -0.4 is 0 Å². The molecule has 1 aliphatic heterocycles. The average molecular weight is 276 g/mol. The van der Waals surface area contributed by atoms with Gasteiger partial charge in [-0.3, -0.25) is 0 Å². The van der Waals surface area contributed by atoms with Crippen molar-refractivity contribution in [1.29, 1.82) is 0 Å². The van der Waals surface area contributed by atoms with Gasteiger partial charge in [0.05, 0.1) is 5.56 Å². The molecule has 0 atom stereocenters. The van der Waals surface area contributed by atoms with Crippen LogP contribution in [0.15, 0.2) is 18.2 Å². The van der Waals surface area contributed by atoms with Crippen molar-refractivity contribution in [1.82, 2.24) is 0 Å². The Morgan fingerprint density at radius 2 is 1.74 bits per heavy atom. The molecule has 0 N–H and O–H groups in total. The van der Waals surface area contributed by atoms with Crippen LogP contribution in [0.1, 0.15) is 62.5 Å². The molecule has 102 valence electrons. The quantitative estimate of drug-likeness (QED) is 0.597. The van der Waals surface area contributed by atoms with E-state index in [9.17, 15) is 4.79 Å². The van der Waals surface area contributed by atoms with Crippen LogP contribution in [0.2, 0.25) is 0 Å². The van der Waals surface area contributed by atoms with Crippen LogP contribution in [-0.4, -0.2) is 11.0 Å². The lowest BCUT2D eigenvalue weighted by molar-refractivity contribution is 0.0741. The molecule has 0 amide bonds. The Balaban J connectivity index is 2.40. The van der Waals surface area contributed by atoms with E-state index >= 15 is 0 Å².